The zero-order valence-electron chi connectivity index (χ0n) is 70.1. The van der Waals surface area contributed by atoms with Crippen molar-refractivity contribution in [2.75, 3.05) is 61.3 Å². The van der Waals surface area contributed by atoms with Gasteiger partial charge in [0.1, 0.15) is 28.7 Å². The molecule has 10 nitrogen and oxygen atoms in total. The second-order valence-electron chi connectivity index (χ2n) is 31.5. The Hall–Kier alpha value is -10.7. The first kappa shape index (κ1) is 82.3. The van der Waals surface area contributed by atoms with E-state index in [0.717, 1.165) is 185 Å². The zero-order chi connectivity index (χ0) is 79.9. The summed E-state index contributed by atoms with van der Waals surface area (Å²) >= 11 is 0. The predicted octanol–water partition coefficient (Wildman–Crippen LogP) is 29.6. The van der Waals surface area contributed by atoms with Crippen LogP contribution >= 0.6 is 0 Å². The Morgan fingerprint density at radius 3 is 1.08 bits per heavy atom. The van der Waals surface area contributed by atoms with Gasteiger partial charge in [-0.3, -0.25) is 0 Å². The van der Waals surface area contributed by atoms with E-state index in [1.165, 1.54) is 105 Å². The Labute approximate surface area is 687 Å². The van der Waals surface area contributed by atoms with Crippen molar-refractivity contribution >= 4 is 62.4 Å². The highest BCUT2D eigenvalue weighted by Crippen LogP contribution is 2.58. The number of methoxy groups -OCH3 is 4. The molecule has 0 aliphatic heterocycles. The largest absolute Gasteiger partial charge is 0.497 e. The molecule has 0 aromatic heterocycles. The average Bonchev–Trinajstić information content (AvgIpc) is 1.56. The molecule has 3 unspecified atom stereocenters. The summed E-state index contributed by atoms with van der Waals surface area (Å²) in [6.45, 7) is 15.3. The van der Waals surface area contributed by atoms with Crippen molar-refractivity contribution in [1.82, 2.24) is 0 Å². The minimum Gasteiger partial charge on any atom is -0.497 e. The summed E-state index contributed by atoms with van der Waals surface area (Å²) in [6.07, 6.45) is 33.1. The summed E-state index contributed by atoms with van der Waals surface area (Å²) in [6, 6.07) is 86.8. The number of hydrogen-bond acceptors (Lipinski definition) is 10. The fourth-order valence-corrected chi connectivity index (χ4v) is 17.2. The highest BCUT2D eigenvalue weighted by atomic mass is 16.5. The molecule has 10 aromatic carbocycles. The standard InChI is InChI=1S/C105H122N4O6/c1-11-17-21-23-71-105(72-24-22-18-12-2)103-73-93(108(91-51-65-99(66-52-91)114-75-77(15-5)25-19-13-3)85-39-31-81(32-40-85)79-27-35-83(36-28-79)106(87-43-57-95(110-7)58-44-87)88-45-59-96(111-8)60-46-88)55-69-101(103)102-70-56-94(74-104(102)105)109(92-53-67-100(68-54-92)115-76-78(16-6)26-20-14-4)86-41-33-82(34-42-86)80-29-37-84(38-30-80)107(89-47-61-97(112-9)62-48-89)90-49-63-98(113-10)64-50-90/h27-55,57-59,61-69,73-74,77-78,96H,11-26,56,60,70-72,75-76H2,1-10H3. The Balaban J connectivity index is 0.876. The Bertz CT molecular complexity index is 4760. The highest BCUT2D eigenvalue weighted by Gasteiger charge is 2.45. The monoisotopic (exact) mass is 1530 g/mol. The van der Waals surface area contributed by atoms with Crippen LogP contribution in [0.25, 0.3) is 27.8 Å². The maximum atomic E-state index is 6.65. The fraction of sp³-hybridized carbons (Fsp3) is 0.352. The first-order valence-corrected chi connectivity index (χ1v) is 43.0. The van der Waals surface area contributed by atoms with Gasteiger partial charge in [0.15, 0.2) is 0 Å². The number of anilines is 10. The van der Waals surface area contributed by atoms with Crippen molar-refractivity contribution in [3.05, 3.63) is 289 Å². The number of ether oxygens (including phenoxy) is 6. The van der Waals surface area contributed by atoms with E-state index in [4.69, 9.17) is 28.4 Å². The van der Waals surface area contributed by atoms with Crippen LogP contribution in [0.5, 0.6) is 28.7 Å². The van der Waals surface area contributed by atoms with Crippen LogP contribution in [0.4, 0.5) is 56.9 Å². The van der Waals surface area contributed by atoms with E-state index < -0.39 is 0 Å². The smallest absolute Gasteiger partial charge is 0.119 e. The molecule has 3 atom stereocenters. The molecule has 0 N–H and O–H groups in total. The van der Waals surface area contributed by atoms with Crippen molar-refractivity contribution in [3.63, 3.8) is 0 Å². The zero-order valence-corrected chi connectivity index (χ0v) is 70.1. The number of rotatable bonds is 42. The van der Waals surface area contributed by atoms with E-state index in [1.807, 2.05) is 36.4 Å². The Morgan fingerprint density at radius 1 is 0.365 bits per heavy atom. The Kier molecular flexibility index (Phi) is 29.0. The lowest BCUT2D eigenvalue weighted by atomic mass is 9.68. The quantitative estimate of drug-likeness (QED) is 0.0346. The number of hydrogen-bond donors (Lipinski definition) is 0. The van der Waals surface area contributed by atoms with Gasteiger partial charge in [-0.1, -0.05) is 198 Å². The van der Waals surface area contributed by atoms with Crippen LogP contribution in [0.3, 0.4) is 0 Å². The third-order valence-electron chi connectivity index (χ3n) is 24.1. The second kappa shape index (κ2) is 40.6. The molecule has 0 heterocycles. The molecule has 0 saturated heterocycles. The average molecular weight is 1540 g/mol. The maximum absolute atomic E-state index is 6.65. The molecule has 0 spiro atoms. The van der Waals surface area contributed by atoms with E-state index >= 15 is 0 Å². The van der Waals surface area contributed by atoms with Gasteiger partial charge in [0.25, 0.3) is 0 Å². The number of allylic oxidation sites excluding steroid dienone is 5. The van der Waals surface area contributed by atoms with Gasteiger partial charge in [0.05, 0.1) is 40.6 Å². The topological polar surface area (TPSA) is 68.3 Å². The molecule has 10 aromatic rings. The van der Waals surface area contributed by atoms with Crippen LogP contribution in [0, 0.1) is 11.8 Å². The van der Waals surface area contributed by atoms with Crippen LogP contribution < -0.4 is 43.3 Å². The minimum absolute atomic E-state index is 0.0573. The maximum Gasteiger partial charge on any atom is 0.119 e. The van der Waals surface area contributed by atoms with Crippen molar-refractivity contribution in [2.24, 2.45) is 11.8 Å². The van der Waals surface area contributed by atoms with Crippen LogP contribution in [-0.4, -0.2) is 47.8 Å². The summed E-state index contributed by atoms with van der Waals surface area (Å²) in [4.78, 5) is 9.65. The van der Waals surface area contributed by atoms with Crippen molar-refractivity contribution < 1.29 is 28.4 Å². The summed E-state index contributed by atoms with van der Waals surface area (Å²) in [5.74, 6) is 5.35. The molecule has 3 aliphatic rings. The third-order valence-corrected chi connectivity index (χ3v) is 24.1. The lowest BCUT2D eigenvalue weighted by Crippen LogP contribution is -2.28. The van der Waals surface area contributed by atoms with Gasteiger partial charge in [0.2, 0.25) is 0 Å². The van der Waals surface area contributed by atoms with Gasteiger partial charge in [-0.2, -0.15) is 0 Å². The lowest BCUT2D eigenvalue weighted by Gasteiger charge is -2.37. The highest BCUT2D eigenvalue weighted by molar-refractivity contribution is 5.89. The molecular weight excluding hydrogens is 1410 g/mol. The molecule has 0 saturated carbocycles. The Morgan fingerprint density at radius 2 is 0.722 bits per heavy atom. The molecular formula is C105H122N4O6. The van der Waals surface area contributed by atoms with Crippen LogP contribution in [0.15, 0.2) is 278 Å². The van der Waals surface area contributed by atoms with Gasteiger partial charge in [-0.25, -0.2) is 0 Å². The fourth-order valence-electron chi connectivity index (χ4n) is 17.2. The van der Waals surface area contributed by atoms with E-state index in [-0.39, 0.29) is 11.5 Å². The van der Waals surface area contributed by atoms with Gasteiger partial charge < -0.3 is 48.0 Å². The molecule has 3 aliphatic carbocycles. The summed E-state index contributed by atoms with van der Waals surface area (Å²) in [7, 11) is 6.90. The van der Waals surface area contributed by atoms with Crippen LogP contribution in [0.2, 0.25) is 0 Å². The SMILES string of the molecule is CCCCCCC1(CCCCCC)C2=C(CCC(N(c3ccc(OCC(CC)CCCC)cc3)c3ccc(-c4ccc(N(c5ccc(OC)cc5)c5ccc(OC)cc5)cc4)cc3)=C2)c2ccc(N(c3ccc(OCC(CC)CCCC)cc3)c3ccc(-c4ccc(N(C5=CCC(OC)C=C5)c5ccc(OC)cc5)cc4)cc3)cc21. The minimum atomic E-state index is -0.219. The normalized spacial score (nSPS) is 14.6. The van der Waals surface area contributed by atoms with Crippen molar-refractivity contribution in [2.45, 2.75) is 188 Å². The summed E-state index contributed by atoms with van der Waals surface area (Å²) in [5.41, 5.74) is 23.6. The van der Waals surface area contributed by atoms with Gasteiger partial charge in [-0.15, -0.1) is 0 Å². The molecule has 115 heavy (non-hydrogen) atoms. The molecule has 0 bridgehead atoms. The lowest BCUT2D eigenvalue weighted by molar-refractivity contribution is 0.142. The van der Waals surface area contributed by atoms with Crippen molar-refractivity contribution in [1.29, 1.82) is 0 Å². The number of benzene rings is 10. The third kappa shape index (κ3) is 19.8. The van der Waals surface area contributed by atoms with Crippen molar-refractivity contribution in [3.8, 4) is 51.0 Å². The number of fused-ring (bicyclic) bond motifs is 2. The van der Waals surface area contributed by atoms with Gasteiger partial charge in [-0.05, 0) is 295 Å². The van der Waals surface area contributed by atoms with E-state index in [2.05, 4.69) is 286 Å². The molecule has 13 rings (SSSR count). The summed E-state index contributed by atoms with van der Waals surface area (Å²) in [5, 5.41) is 0. The predicted molar refractivity (Wildman–Crippen MR) is 484 cm³/mol. The van der Waals surface area contributed by atoms with E-state index in [0.29, 0.717) is 11.8 Å². The molecule has 0 radical (unpaired) electrons. The summed E-state index contributed by atoms with van der Waals surface area (Å²) < 4.78 is 35.8. The molecule has 598 valence electrons. The van der Waals surface area contributed by atoms with E-state index in [1.54, 1.807) is 28.4 Å². The first-order chi connectivity index (χ1) is 56.5. The number of nitrogens with zero attached hydrogens (tertiary/aromatic N) is 4. The van der Waals surface area contributed by atoms with Crippen LogP contribution in [-0.2, 0) is 10.2 Å². The first-order valence-electron chi connectivity index (χ1n) is 43.0. The van der Waals surface area contributed by atoms with Crippen LogP contribution in [0.1, 0.15) is 188 Å². The van der Waals surface area contributed by atoms with E-state index in [9.17, 15) is 0 Å². The number of unbranched alkanes of at least 4 members (excludes halogenated alkanes) is 8. The van der Waals surface area contributed by atoms with Gasteiger partial charge >= 0.3 is 0 Å². The second-order valence-corrected chi connectivity index (χ2v) is 31.5. The van der Waals surface area contributed by atoms with Gasteiger partial charge in [0, 0.05) is 80.8 Å². The molecule has 0 amide bonds. The molecule has 0 fully saturated rings. The molecule has 10 heteroatoms.